The van der Waals surface area contributed by atoms with Crippen LogP contribution in [0.15, 0.2) is 18.2 Å². The molecular formula is C16H26N2O2. The number of piperidine rings is 1. The first-order valence-electron chi connectivity index (χ1n) is 7.41. The predicted molar refractivity (Wildman–Crippen MR) is 81.0 cm³/mol. The summed E-state index contributed by atoms with van der Waals surface area (Å²) in [6.45, 7) is 6.26. The van der Waals surface area contributed by atoms with Crippen molar-refractivity contribution < 1.29 is 9.84 Å². The summed E-state index contributed by atoms with van der Waals surface area (Å²) >= 11 is 0. The molecule has 1 saturated heterocycles. The molecule has 3 atom stereocenters. The molecule has 112 valence electrons. The molecule has 0 bridgehead atoms. The number of likely N-dealkylation sites (tertiary alicyclic amines) is 1. The van der Waals surface area contributed by atoms with E-state index in [1.165, 1.54) is 12.8 Å². The van der Waals surface area contributed by atoms with Gasteiger partial charge in [0, 0.05) is 18.6 Å². The fourth-order valence-electron chi connectivity index (χ4n) is 3.28. The number of ether oxygens (including phenoxy) is 1. The summed E-state index contributed by atoms with van der Waals surface area (Å²) in [5.74, 6) is 1.35. The first-order valence-corrected chi connectivity index (χ1v) is 7.41. The quantitative estimate of drug-likeness (QED) is 0.888. The smallest absolute Gasteiger partial charge is 0.160 e. The minimum atomic E-state index is 0.186. The molecule has 2 rings (SSSR count). The van der Waals surface area contributed by atoms with Crippen LogP contribution in [0, 0.1) is 5.92 Å². The van der Waals surface area contributed by atoms with Gasteiger partial charge in [-0.15, -0.1) is 0 Å². The second kappa shape index (κ2) is 6.46. The third-order valence-corrected chi connectivity index (χ3v) is 4.58. The van der Waals surface area contributed by atoms with E-state index in [1.807, 2.05) is 12.1 Å². The van der Waals surface area contributed by atoms with E-state index in [-0.39, 0.29) is 11.8 Å². The van der Waals surface area contributed by atoms with Crippen LogP contribution in [-0.4, -0.2) is 36.2 Å². The van der Waals surface area contributed by atoms with Gasteiger partial charge < -0.3 is 15.6 Å². The number of hydrogen-bond donors (Lipinski definition) is 2. The number of hydrogen-bond acceptors (Lipinski definition) is 4. The molecule has 0 aliphatic carbocycles. The van der Waals surface area contributed by atoms with Gasteiger partial charge in [-0.3, -0.25) is 4.90 Å². The van der Waals surface area contributed by atoms with Gasteiger partial charge in [0.25, 0.3) is 0 Å². The first-order chi connectivity index (χ1) is 9.58. The van der Waals surface area contributed by atoms with Crippen molar-refractivity contribution in [3.8, 4) is 11.5 Å². The number of phenolic OH excluding ortho intramolecular Hbond substituents is 1. The van der Waals surface area contributed by atoms with Crippen LogP contribution in [-0.2, 0) is 0 Å². The molecule has 0 amide bonds. The summed E-state index contributed by atoms with van der Waals surface area (Å²) in [5.41, 5.74) is 7.13. The van der Waals surface area contributed by atoms with Crippen molar-refractivity contribution >= 4 is 0 Å². The average molecular weight is 278 g/mol. The van der Waals surface area contributed by atoms with Crippen LogP contribution in [0.25, 0.3) is 0 Å². The first kappa shape index (κ1) is 15.1. The summed E-state index contributed by atoms with van der Waals surface area (Å²) in [5, 5.41) is 9.71. The second-order valence-electron chi connectivity index (χ2n) is 5.77. The Morgan fingerprint density at radius 3 is 2.90 bits per heavy atom. The number of phenols is 1. The van der Waals surface area contributed by atoms with E-state index in [9.17, 15) is 5.11 Å². The maximum atomic E-state index is 9.71. The third kappa shape index (κ3) is 2.91. The van der Waals surface area contributed by atoms with Gasteiger partial charge >= 0.3 is 0 Å². The summed E-state index contributed by atoms with van der Waals surface area (Å²) in [6, 6.07) is 6.30. The van der Waals surface area contributed by atoms with Gasteiger partial charge in [-0.05, 0) is 49.9 Å². The molecule has 3 N–H and O–H groups in total. The zero-order chi connectivity index (χ0) is 14.7. The van der Waals surface area contributed by atoms with E-state index in [4.69, 9.17) is 10.5 Å². The average Bonchev–Trinajstić information content (AvgIpc) is 2.46. The number of aromatic hydroxyl groups is 1. The molecule has 0 aromatic heterocycles. The summed E-state index contributed by atoms with van der Waals surface area (Å²) < 4.78 is 5.20. The van der Waals surface area contributed by atoms with E-state index >= 15 is 0 Å². The van der Waals surface area contributed by atoms with Crippen LogP contribution >= 0.6 is 0 Å². The van der Waals surface area contributed by atoms with E-state index in [2.05, 4.69) is 18.7 Å². The molecular weight excluding hydrogens is 252 g/mol. The largest absolute Gasteiger partial charge is 0.504 e. The van der Waals surface area contributed by atoms with Gasteiger partial charge in [-0.2, -0.15) is 0 Å². The number of methoxy groups -OCH3 is 1. The molecule has 1 aliphatic rings. The molecule has 0 radical (unpaired) electrons. The lowest BCUT2D eigenvalue weighted by atomic mass is 9.88. The highest BCUT2D eigenvalue weighted by atomic mass is 16.5. The zero-order valence-corrected chi connectivity index (χ0v) is 12.7. The number of nitrogens with zero attached hydrogens (tertiary/aromatic N) is 1. The molecule has 1 fully saturated rings. The van der Waals surface area contributed by atoms with E-state index < -0.39 is 0 Å². The Bertz CT molecular complexity index is 450. The molecule has 20 heavy (non-hydrogen) atoms. The maximum Gasteiger partial charge on any atom is 0.160 e. The molecule has 0 saturated carbocycles. The van der Waals surface area contributed by atoms with Crippen LogP contribution in [0.1, 0.15) is 38.3 Å². The highest BCUT2D eigenvalue weighted by Gasteiger charge is 2.31. The molecule has 4 nitrogen and oxygen atoms in total. The lowest BCUT2D eigenvalue weighted by molar-refractivity contribution is 0.0688. The molecule has 4 heteroatoms. The van der Waals surface area contributed by atoms with Crippen LogP contribution in [0.3, 0.4) is 0 Å². The Kier molecular flexibility index (Phi) is 4.89. The van der Waals surface area contributed by atoms with Crippen LogP contribution in [0.2, 0.25) is 0 Å². The number of rotatable bonds is 4. The monoisotopic (exact) mass is 278 g/mol. The lowest BCUT2D eigenvalue weighted by Crippen LogP contribution is -2.49. The van der Waals surface area contributed by atoms with Gasteiger partial charge in [-0.25, -0.2) is 0 Å². The van der Waals surface area contributed by atoms with E-state index in [1.54, 1.807) is 13.2 Å². The van der Waals surface area contributed by atoms with E-state index in [0.717, 1.165) is 12.1 Å². The highest BCUT2D eigenvalue weighted by molar-refractivity contribution is 5.42. The van der Waals surface area contributed by atoms with Crippen molar-refractivity contribution in [3.63, 3.8) is 0 Å². The van der Waals surface area contributed by atoms with Crippen LogP contribution < -0.4 is 10.5 Å². The standard InChI is InChI=1S/C16H26N2O2/c1-11-5-4-8-18(14(11)10-17)12(2)13-6-7-15(19)16(9-13)20-3/h6-7,9,11-12,14,19H,4-5,8,10,17H2,1-3H3. The topological polar surface area (TPSA) is 58.7 Å². The molecule has 1 heterocycles. The van der Waals surface area contributed by atoms with Crippen molar-refractivity contribution in [2.45, 2.75) is 38.8 Å². The molecule has 1 aromatic rings. The number of benzene rings is 1. The van der Waals surface area contributed by atoms with Crippen molar-refractivity contribution in [2.75, 3.05) is 20.2 Å². The second-order valence-corrected chi connectivity index (χ2v) is 5.77. The minimum Gasteiger partial charge on any atom is -0.504 e. The fourth-order valence-corrected chi connectivity index (χ4v) is 3.28. The lowest BCUT2D eigenvalue weighted by Gasteiger charge is -2.43. The van der Waals surface area contributed by atoms with Gasteiger partial charge in [0.15, 0.2) is 11.5 Å². The van der Waals surface area contributed by atoms with Gasteiger partial charge in [-0.1, -0.05) is 13.0 Å². The maximum absolute atomic E-state index is 9.71. The summed E-state index contributed by atoms with van der Waals surface area (Å²) in [4.78, 5) is 2.49. The van der Waals surface area contributed by atoms with Gasteiger partial charge in [0.2, 0.25) is 0 Å². The minimum absolute atomic E-state index is 0.186. The molecule has 0 spiro atoms. The Morgan fingerprint density at radius 1 is 1.50 bits per heavy atom. The van der Waals surface area contributed by atoms with Crippen LogP contribution in [0.4, 0.5) is 0 Å². The van der Waals surface area contributed by atoms with Crippen molar-refractivity contribution in [2.24, 2.45) is 11.7 Å². The summed E-state index contributed by atoms with van der Waals surface area (Å²) in [7, 11) is 1.58. The van der Waals surface area contributed by atoms with E-state index in [0.29, 0.717) is 24.3 Å². The highest BCUT2D eigenvalue weighted by Crippen LogP contribution is 2.34. The molecule has 3 unspecified atom stereocenters. The predicted octanol–water partition coefficient (Wildman–Crippen LogP) is 2.52. The third-order valence-electron chi connectivity index (χ3n) is 4.58. The van der Waals surface area contributed by atoms with Crippen molar-refractivity contribution in [1.29, 1.82) is 0 Å². The molecule has 1 aliphatic heterocycles. The number of nitrogens with two attached hydrogens (primary N) is 1. The van der Waals surface area contributed by atoms with Crippen LogP contribution in [0.5, 0.6) is 11.5 Å². The normalized spacial score (nSPS) is 25.4. The molecule has 1 aromatic carbocycles. The summed E-state index contributed by atoms with van der Waals surface area (Å²) in [6.07, 6.45) is 2.47. The SMILES string of the molecule is COc1cc(C(C)N2CCCC(C)C2CN)ccc1O. The van der Waals surface area contributed by atoms with Gasteiger partial charge in [0.05, 0.1) is 7.11 Å². The Balaban J connectivity index is 2.23. The Hall–Kier alpha value is -1.26. The Labute approximate surface area is 121 Å². The fraction of sp³-hybridized carbons (Fsp3) is 0.625. The Morgan fingerprint density at radius 2 is 2.25 bits per heavy atom. The van der Waals surface area contributed by atoms with Crippen molar-refractivity contribution in [1.82, 2.24) is 4.90 Å². The van der Waals surface area contributed by atoms with Gasteiger partial charge in [0.1, 0.15) is 0 Å². The van der Waals surface area contributed by atoms with Crippen molar-refractivity contribution in [3.05, 3.63) is 23.8 Å². The zero-order valence-electron chi connectivity index (χ0n) is 12.7.